The minimum Gasteiger partial charge on any atom is -0.369 e. The van der Waals surface area contributed by atoms with Crippen molar-refractivity contribution in [3.8, 4) is 0 Å². The summed E-state index contributed by atoms with van der Waals surface area (Å²) in [6.07, 6.45) is 1.71. The molecular formula is C12H16FNO. The van der Waals surface area contributed by atoms with Gasteiger partial charge in [-0.25, -0.2) is 4.39 Å². The molecule has 0 aliphatic heterocycles. The fraction of sp³-hybridized carbons (Fsp3) is 0.500. The van der Waals surface area contributed by atoms with Crippen LogP contribution in [0.25, 0.3) is 0 Å². The summed E-state index contributed by atoms with van der Waals surface area (Å²) in [5.41, 5.74) is 7.51. The predicted molar refractivity (Wildman–Crippen MR) is 57.1 cm³/mol. The van der Waals surface area contributed by atoms with E-state index in [2.05, 4.69) is 0 Å². The van der Waals surface area contributed by atoms with Crippen molar-refractivity contribution in [1.29, 1.82) is 0 Å². The maximum atomic E-state index is 13.0. The number of fused-ring (bicyclic) bond motifs is 1. The molecule has 3 heteroatoms. The molecular weight excluding hydrogens is 193 g/mol. The summed E-state index contributed by atoms with van der Waals surface area (Å²) in [6, 6.07) is 4.87. The second kappa shape index (κ2) is 3.91. The number of hydrogen-bond acceptors (Lipinski definition) is 2. The Kier molecular flexibility index (Phi) is 2.76. The van der Waals surface area contributed by atoms with Gasteiger partial charge in [0, 0.05) is 13.2 Å². The molecule has 0 bridgehead atoms. The number of aryl methyl sites for hydroxylation is 1. The molecule has 2 nitrogen and oxygen atoms in total. The van der Waals surface area contributed by atoms with Crippen molar-refractivity contribution < 1.29 is 9.13 Å². The van der Waals surface area contributed by atoms with E-state index in [1.165, 1.54) is 6.07 Å². The molecule has 0 spiro atoms. The lowest BCUT2D eigenvalue weighted by Crippen LogP contribution is -2.35. The topological polar surface area (TPSA) is 35.2 Å². The zero-order chi connectivity index (χ0) is 10.9. The molecule has 0 saturated heterocycles. The second-order valence-electron chi connectivity index (χ2n) is 3.93. The third-order valence-corrected chi connectivity index (χ3v) is 3.11. The van der Waals surface area contributed by atoms with Gasteiger partial charge >= 0.3 is 0 Å². The maximum absolute atomic E-state index is 13.0. The number of halogens is 1. The molecule has 1 aromatic carbocycles. The molecule has 0 saturated carbocycles. The molecule has 82 valence electrons. The van der Waals surface area contributed by atoms with Crippen LogP contribution in [0.5, 0.6) is 0 Å². The Morgan fingerprint density at radius 2 is 2.33 bits per heavy atom. The maximum Gasteiger partial charge on any atom is 0.123 e. The van der Waals surface area contributed by atoms with Crippen molar-refractivity contribution in [2.24, 2.45) is 5.73 Å². The Labute approximate surface area is 89.2 Å². The molecule has 1 aromatic rings. The molecule has 1 aliphatic carbocycles. The van der Waals surface area contributed by atoms with E-state index in [9.17, 15) is 4.39 Å². The normalized spacial score (nSPS) is 24.2. The van der Waals surface area contributed by atoms with Crippen LogP contribution in [0.15, 0.2) is 18.2 Å². The molecule has 2 rings (SSSR count). The second-order valence-corrected chi connectivity index (χ2v) is 3.93. The number of rotatable bonds is 3. The summed E-state index contributed by atoms with van der Waals surface area (Å²) in [4.78, 5) is 0. The highest BCUT2D eigenvalue weighted by Crippen LogP contribution is 2.39. The number of ether oxygens (including phenoxy) is 1. The van der Waals surface area contributed by atoms with E-state index in [0.717, 1.165) is 24.0 Å². The van der Waals surface area contributed by atoms with E-state index in [1.54, 1.807) is 12.1 Å². The van der Waals surface area contributed by atoms with Gasteiger partial charge in [0.2, 0.25) is 0 Å². The van der Waals surface area contributed by atoms with Gasteiger partial charge < -0.3 is 10.5 Å². The third-order valence-electron chi connectivity index (χ3n) is 3.11. The summed E-state index contributed by atoms with van der Waals surface area (Å²) in [5.74, 6) is -0.182. The largest absolute Gasteiger partial charge is 0.369 e. The van der Waals surface area contributed by atoms with Crippen LogP contribution in [0.3, 0.4) is 0 Å². The van der Waals surface area contributed by atoms with Crippen molar-refractivity contribution in [3.05, 3.63) is 35.1 Å². The van der Waals surface area contributed by atoms with Gasteiger partial charge in [-0.2, -0.15) is 0 Å². The molecule has 0 radical (unpaired) electrons. The summed E-state index contributed by atoms with van der Waals surface area (Å²) in [6.45, 7) is 3.05. The molecule has 0 fully saturated rings. The zero-order valence-electron chi connectivity index (χ0n) is 8.92. The smallest absolute Gasteiger partial charge is 0.123 e. The highest BCUT2D eigenvalue weighted by atomic mass is 19.1. The molecule has 1 atom stereocenters. The third kappa shape index (κ3) is 1.66. The molecule has 1 aliphatic rings. The Morgan fingerprint density at radius 1 is 1.53 bits per heavy atom. The van der Waals surface area contributed by atoms with Gasteiger partial charge in [0.05, 0.1) is 0 Å². The molecule has 2 N–H and O–H groups in total. The van der Waals surface area contributed by atoms with Crippen LogP contribution in [0.2, 0.25) is 0 Å². The molecule has 0 aromatic heterocycles. The van der Waals surface area contributed by atoms with Crippen molar-refractivity contribution in [2.45, 2.75) is 25.4 Å². The first-order valence-corrected chi connectivity index (χ1v) is 5.35. The first-order chi connectivity index (χ1) is 7.22. The number of nitrogens with two attached hydrogens (primary N) is 1. The number of hydrogen-bond donors (Lipinski definition) is 1. The Balaban J connectivity index is 2.41. The van der Waals surface area contributed by atoms with E-state index in [4.69, 9.17) is 10.5 Å². The van der Waals surface area contributed by atoms with Gasteiger partial charge in [0.15, 0.2) is 0 Å². The van der Waals surface area contributed by atoms with E-state index in [0.29, 0.717) is 13.2 Å². The van der Waals surface area contributed by atoms with Gasteiger partial charge in [-0.15, -0.1) is 0 Å². The fourth-order valence-electron chi connectivity index (χ4n) is 2.38. The first kappa shape index (κ1) is 10.6. The van der Waals surface area contributed by atoms with E-state index < -0.39 is 0 Å². The van der Waals surface area contributed by atoms with Gasteiger partial charge in [-0.1, -0.05) is 6.07 Å². The fourth-order valence-corrected chi connectivity index (χ4v) is 2.38. The van der Waals surface area contributed by atoms with Crippen LogP contribution in [0, 0.1) is 5.82 Å². The minimum absolute atomic E-state index is 0.182. The van der Waals surface area contributed by atoms with E-state index >= 15 is 0 Å². The standard InChI is InChI=1S/C12H16FNO/c1-2-15-12(8-14)6-5-9-7-10(13)3-4-11(9)12/h3-4,7H,2,5-6,8,14H2,1H3. The van der Waals surface area contributed by atoms with Crippen LogP contribution in [-0.4, -0.2) is 13.2 Å². The van der Waals surface area contributed by atoms with Crippen molar-refractivity contribution in [2.75, 3.05) is 13.2 Å². The summed E-state index contributed by atoms with van der Waals surface area (Å²) >= 11 is 0. The zero-order valence-corrected chi connectivity index (χ0v) is 8.92. The highest BCUT2D eigenvalue weighted by Gasteiger charge is 2.38. The van der Waals surface area contributed by atoms with Crippen molar-refractivity contribution in [1.82, 2.24) is 0 Å². The monoisotopic (exact) mass is 209 g/mol. The lowest BCUT2D eigenvalue weighted by molar-refractivity contribution is -0.0355. The Hall–Kier alpha value is -0.930. The van der Waals surface area contributed by atoms with Gasteiger partial charge in [0.1, 0.15) is 11.4 Å². The van der Waals surface area contributed by atoms with Gasteiger partial charge in [-0.3, -0.25) is 0 Å². The predicted octanol–water partition coefficient (Wildman–Crippen LogP) is 1.96. The molecule has 0 amide bonds. The average Bonchev–Trinajstić information content (AvgIpc) is 2.58. The molecule has 1 unspecified atom stereocenters. The lowest BCUT2D eigenvalue weighted by Gasteiger charge is -2.28. The van der Waals surface area contributed by atoms with Gasteiger partial charge in [0.25, 0.3) is 0 Å². The van der Waals surface area contributed by atoms with Crippen molar-refractivity contribution in [3.63, 3.8) is 0 Å². The van der Waals surface area contributed by atoms with E-state index in [-0.39, 0.29) is 11.4 Å². The summed E-state index contributed by atoms with van der Waals surface area (Å²) in [5, 5.41) is 0. The quantitative estimate of drug-likeness (QED) is 0.826. The van der Waals surface area contributed by atoms with Gasteiger partial charge in [-0.05, 0) is 43.0 Å². The molecule has 0 heterocycles. The SMILES string of the molecule is CCOC1(CN)CCc2cc(F)ccc21. The van der Waals surface area contributed by atoms with Crippen LogP contribution in [0.4, 0.5) is 4.39 Å². The van der Waals surface area contributed by atoms with Crippen LogP contribution >= 0.6 is 0 Å². The van der Waals surface area contributed by atoms with E-state index in [1.807, 2.05) is 6.92 Å². The molecule has 15 heavy (non-hydrogen) atoms. The van der Waals surface area contributed by atoms with Crippen molar-refractivity contribution >= 4 is 0 Å². The Bertz CT molecular complexity index is 367. The van der Waals surface area contributed by atoms with Crippen LogP contribution < -0.4 is 5.73 Å². The van der Waals surface area contributed by atoms with Crippen LogP contribution in [0.1, 0.15) is 24.5 Å². The summed E-state index contributed by atoms with van der Waals surface area (Å²) in [7, 11) is 0. The Morgan fingerprint density at radius 3 is 3.00 bits per heavy atom. The van der Waals surface area contributed by atoms with Crippen LogP contribution in [-0.2, 0) is 16.8 Å². The lowest BCUT2D eigenvalue weighted by atomic mass is 9.96. The minimum atomic E-state index is -0.377. The number of benzene rings is 1. The summed E-state index contributed by atoms with van der Waals surface area (Å²) < 4.78 is 18.8. The first-order valence-electron chi connectivity index (χ1n) is 5.35. The average molecular weight is 209 g/mol. The highest BCUT2D eigenvalue weighted by molar-refractivity contribution is 5.38.